The van der Waals surface area contributed by atoms with Crippen LogP contribution in [-0.2, 0) is 13.0 Å². The Labute approximate surface area is 125 Å². The molecule has 98 valence electrons. The Morgan fingerprint density at radius 3 is 2.79 bits per heavy atom. The number of hydrogen-bond donors (Lipinski definition) is 1. The molecule has 0 bridgehead atoms. The van der Waals surface area contributed by atoms with Crippen molar-refractivity contribution in [1.29, 1.82) is 0 Å². The first kappa shape index (κ1) is 12.9. The summed E-state index contributed by atoms with van der Waals surface area (Å²) in [6.45, 7) is 3.01. The van der Waals surface area contributed by atoms with Crippen molar-refractivity contribution in [3.8, 4) is 0 Å². The fraction of sp³-hybridized carbons (Fsp3) is 0.214. The van der Waals surface area contributed by atoms with E-state index in [1.807, 2.05) is 29.5 Å². The Morgan fingerprint density at radius 1 is 1.16 bits per heavy atom. The zero-order valence-electron chi connectivity index (χ0n) is 10.4. The van der Waals surface area contributed by atoms with Crippen molar-refractivity contribution in [2.75, 3.05) is 5.32 Å². The molecule has 0 unspecified atom stereocenters. The number of halogens is 1. The summed E-state index contributed by atoms with van der Waals surface area (Å²) in [5.41, 5.74) is 0.959. The van der Waals surface area contributed by atoms with Crippen molar-refractivity contribution in [2.45, 2.75) is 19.9 Å². The molecule has 0 atom stereocenters. The number of rotatable bonds is 4. The molecule has 0 saturated heterocycles. The van der Waals surface area contributed by atoms with Crippen LogP contribution in [-0.4, -0.2) is 4.98 Å². The Kier molecular flexibility index (Phi) is 3.73. The number of aromatic nitrogens is 1. The molecular weight excluding hydrogens is 296 g/mol. The van der Waals surface area contributed by atoms with Crippen LogP contribution in [0.1, 0.15) is 16.7 Å². The van der Waals surface area contributed by atoms with Crippen LogP contribution in [0.3, 0.4) is 0 Å². The summed E-state index contributed by atoms with van der Waals surface area (Å²) in [6, 6.07) is 10.2. The quantitative estimate of drug-likeness (QED) is 0.718. The maximum Gasteiger partial charge on any atom is 0.184 e. The van der Waals surface area contributed by atoms with E-state index in [4.69, 9.17) is 11.6 Å². The molecule has 0 aliphatic rings. The maximum atomic E-state index is 5.97. The second-order valence-corrected chi connectivity index (χ2v) is 6.93. The molecule has 2 nitrogen and oxygen atoms in total. The zero-order chi connectivity index (χ0) is 13.2. The lowest BCUT2D eigenvalue weighted by Gasteiger charge is -1.98. The molecule has 0 aliphatic carbocycles. The molecule has 19 heavy (non-hydrogen) atoms. The van der Waals surface area contributed by atoms with Crippen LogP contribution in [0.25, 0.3) is 10.2 Å². The van der Waals surface area contributed by atoms with Gasteiger partial charge in [0.1, 0.15) is 0 Å². The number of anilines is 1. The predicted octanol–water partition coefficient (Wildman–Crippen LogP) is 5.19. The molecule has 2 aromatic heterocycles. The van der Waals surface area contributed by atoms with Crippen molar-refractivity contribution in [3.63, 3.8) is 0 Å². The second-order valence-electron chi connectivity index (χ2n) is 4.21. The Hall–Kier alpha value is -1.10. The molecule has 0 saturated carbocycles. The Balaban J connectivity index is 1.74. The van der Waals surface area contributed by atoms with Crippen LogP contribution in [0.5, 0.6) is 0 Å². The number of fused-ring (bicyclic) bond motifs is 1. The zero-order valence-corrected chi connectivity index (χ0v) is 12.8. The van der Waals surface area contributed by atoms with E-state index >= 15 is 0 Å². The van der Waals surface area contributed by atoms with Gasteiger partial charge in [-0.25, -0.2) is 4.98 Å². The van der Waals surface area contributed by atoms with Gasteiger partial charge in [-0.15, -0.1) is 11.3 Å². The van der Waals surface area contributed by atoms with Gasteiger partial charge in [0, 0.05) is 14.8 Å². The van der Waals surface area contributed by atoms with Gasteiger partial charge < -0.3 is 5.32 Å². The minimum atomic E-state index is 0.732. The van der Waals surface area contributed by atoms with Crippen molar-refractivity contribution >= 4 is 49.6 Å². The summed E-state index contributed by atoms with van der Waals surface area (Å²) >= 11 is 9.48. The molecule has 0 radical (unpaired) electrons. The highest BCUT2D eigenvalue weighted by Gasteiger charge is 2.05. The number of benzene rings is 1. The first-order valence-electron chi connectivity index (χ1n) is 6.12. The molecule has 5 heteroatoms. The van der Waals surface area contributed by atoms with Gasteiger partial charge in [0.2, 0.25) is 0 Å². The fourth-order valence-electron chi connectivity index (χ4n) is 1.85. The lowest BCUT2D eigenvalue weighted by atomic mass is 10.3. The van der Waals surface area contributed by atoms with Crippen molar-refractivity contribution < 1.29 is 0 Å². The molecule has 3 aromatic rings. The van der Waals surface area contributed by atoms with Crippen molar-refractivity contribution in [2.24, 2.45) is 0 Å². The summed E-state index contributed by atoms with van der Waals surface area (Å²) < 4.78 is 1.16. The number of nitrogens with zero attached hydrogens (tertiary/aromatic N) is 1. The summed E-state index contributed by atoms with van der Waals surface area (Å²) in [5.74, 6) is 0. The molecule has 3 rings (SSSR count). The van der Waals surface area contributed by atoms with Crippen LogP contribution < -0.4 is 5.32 Å². The first-order chi connectivity index (χ1) is 9.24. The molecular formula is C14H13ClN2S2. The third-order valence-corrected chi connectivity index (χ3v) is 5.29. The Morgan fingerprint density at radius 2 is 2.00 bits per heavy atom. The van der Waals surface area contributed by atoms with E-state index in [-0.39, 0.29) is 0 Å². The summed E-state index contributed by atoms with van der Waals surface area (Å²) in [5, 5.41) is 5.06. The predicted molar refractivity (Wildman–Crippen MR) is 85.7 cm³/mol. The SMILES string of the molecule is CCc1ccc(CNc2nc3cc(Cl)ccc3s2)s1. The van der Waals surface area contributed by atoms with E-state index in [1.54, 1.807) is 11.3 Å². The van der Waals surface area contributed by atoms with Crippen LogP contribution in [0.4, 0.5) is 5.13 Å². The average Bonchev–Trinajstić information content (AvgIpc) is 3.01. The third-order valence-electron chi connectivity index (χ3n) is 2.83. The monoisotopic (exact) mass is 308 g/mol. The van der Waals surface area contributed by atoms with Gasteiger partial charge in [-0.1, -0.05) is 29.9 Å². The molecule has 0 amide bonds. The smallest absolute Gasteiger partial charge is 0.184 e. The molecule has 0 spiro atoms. The minimum Gasteiger partial charge on any atom is -0.357 e. The van der Waals surface area contributed by atoms with Crippen LogP contribution in [0, 0.1) is 0 Å². The molecule has 1 N–H and O–H groups in total. The highest BCUT2D eigenvalue weighted by Crippen LogP contribution is 2.28. The van der Waals surface area contributed by atoms with E-state index < -0.39 is 0 Å². The summed E-state index contributed by atoms with van der Waals surface area (Å²) in [6.07, 6.45) is 1.10. The van der Waals surface area contributed by atoms with Gasteiger partial charge in [0.15, 0.2) is 5.13 Å². The van der Waals surface area contributed by atoms with Crippen LogP contribution in [0.15, 0.2) is 30.3 Å². The number of thiophene rings is 1. The van der Waals surface area contributed by atoms with Gasteiger partial charge in [0.25, 0.3) is 0 Å². The highest BCUT2D eigenvalue weighted by atomic mass is 35.5. The number of hydrogen-bond acceptors (Lipinski definition) is 4. The van der Waals surface area contributed by atoms with Gasteiger partial charge in [-0.2, -0.15) is 0 Å². The standard InChI is InChI=1S/C14H13ClN2S2/c1-2-10-4-5-11(18-10)8-16-14-17-12-7-9(15)3-6-13(12)19-14/h3-7H,2,8H2,1H3,(H,16,17). The average molecular weight is 309 g/mol. The van der Waals surface area contributed by atoms with E-state index in [2.05, 4.69) is 29.4 Å². The third kappa shape index (κ3) is 2.91. The van der Waals surface area contributed by atoms with Gasteiger partial charge in [-0.05, 0) is 36.8 Å². The van der Waals surface area contributed by atoms with E-state index in [0.717, 1.165) is 33.3 Å². The van der Waals surface area contributed by atoms with Gasteiger partial charge in [0.05, 0.1) is 16.8 Å². The van der Waals surface area contributed by atoms with Crippen molar-refractivity contribution in [1.82, 2.24) is 4.98 Å². The van der Waals surface area contributed by atoms with E-state index in [1.165, 1.54) is 9.75 Å². The maximum absolute atomic E-state index is 5.97. The molecule has 0 aliphatic heterocycles. The lowest BCUT2D eigenvalue weighted by Crippen LogP contribution is -1.95. The highest BCUT2D eigenvalue weighted by molar-refractivity contribution is 7.22. The molecule has 0 fully saturated rings. The van der Waals surface area contributed by atoms with Crippen LogP contribution >= 0.6 is 34.3 Å². The van der Waals surface area contributed by atoms with E-state index in [9.17, 15) is 0 Å². The summed E-state index contributed by atoms with van der Waals surface area (Å²) in [7, 11) is 0. The minimum absolute atomic E-state index is 0.732. The largest absolute Gasteiger partial charge is 0.357 e. The number of thiazole rings is 1. The normalized spacial score (nSPS) is 11.1. The van der Waals surface area contributed by atoms with Crippen LogP contribution in [0.2, 0.25) is 5.02 Å². The molecule has 2 heterocycles. The second kappa shape index (κ2) is 5.49. The number of aryl methyl sites for hydroxylation is 1. The Bertz CT molecular complexity index is 702. The van der Waals surface area contributed by atoms with Crippen molar-refractivity contribution in [3.05, 3.63) is 45.1 Å². The first-order valence-corrected chi connectivity index (χ1v) is 8.13. The topological polar surface area (TPSA) is 24.9 Å². The fourth-order valence-corrected chi connectivity index (χ4v) is 3.75. The van der Waals surface area contributed by atoms with Gasteiger partial charge in [-0.3, -0.25) is 0 Å². The molecule has 1 aromatic carbocycles. The summed E-state index contributed by atoms with van der Waals surface area (Å²) in [4.78, 5) is 7.31. The number of nitrogens with one attached hydrogen (secondary N) is 1. The lowest BCUT2D eigenvalue weighted by molar-refractivity contribution is 1.18. The van der Waals surface area contributed by atoms with Gasteiger partial charge >= 0.3 is 0 Å². The van der Waals surface area contributed by atoms with E-state index in [0.29, 0.717) is 0 Å².